The third-order valence-corrected chi connectivity index (χ3v) is 3.94. The number of likely N-dealkylation sites (N-methyl/N-ethyl adjacent to an activating group) is 1. The van der Waals surface area contributed by atoms with Gasteiger partial charge in [0, 0.05) is 31.8 Å². The van der Waals surface area contributed by atoms with E-state index in [1.165, 1.54) is 18.0 Å². The number of carbonyl (C=O) groups is 2. The summed E-state index contributed by atoms with van der Waals surface area (Å²) in [6.45, 7) is 0.116. The van der Waals surface area contributed by atoms with Crippen LogP contribution in [0.1, 0.15) is 6.42 Å². The Labute approximate surface area is 162 Å². The molecule has 0 fully saturated rings. The summed E-state index contributed by atoms with van der Waals surface area (Å²) in [4.78, 5) is 36.0. The zero-order valence-electron chi connectivity index (χ0n) is 15.7. The molecular weight excluding hydrogens is 364 g/mol. The minimum absolute atomic E-state index is 0.0535. The fraction of sp³-hybridized carbons (Fsp3) is 0.263. The molecule has 0 aliphatic carbocycles. The first-order valence-corrected chi connectivity index (χ1v) is 8.56. The second-order valence-corrected chi connectivity index (χ2v) is 5.98. The molecule has 0 aromatic heterocycles. The summed E-state index contributed by atoms with van der Waals surface area (Å²) in [5.74, 6) is 0.0973. The van der Waals surface area contributed by atoms with E-state index < -0.39 is 4.92 Å². The smallest absolute Gasteiger partial charge is 0.292 e. The van der Waals surface area contributed by atoms with Crippen molar-refractivity contribution in [3.8, 4) is 5.75 Å². The van der Waals surface area contributed by atoms with Crippen LogP contribution < -0.4 is 15.4 Å². The standard InChI is InChI=1S/C19H22N4O5/c1-22(13-18(24)21-14-7-9-15(28-2)10-8-14)19(25)11-12-20-16-5-3-4-6-17(16)23(26)27/h3-10,20H,11-13H2,1-2H3,(H,21,24). The topological polar surface area (TPSA) is 114 Å². The lowest BCUT2D eigenvalue weighted by Gasteiger charge is -2.17. The molecule has 148 valence electrons. The van der Waals surface area contributed by atoms with Crippen LogP contribution in [0.5, 0.6) is 5.75 Å². The molecule has 9 nitrogen and oxygen atoms in total. The lowest BCUT2D eigenvalue weighted by Crippen LogP contribution is -2.35. The maximum atomic E-state index is 12.2. The first-order valence-electron chi connectivity index (χ1n) is 8.56. The van der Waals surface area contributed by atoms with Crippen LogP contribution in [0.15, 0.2) is 48.5 Å². The Hall–Kier alpha value is -3.62. The zero-order chi connectivity index (χ0) is 20.5. The molecular formula is C19H22N4O5. The Kier molecular flexibility index (Phi) is 7.32. The molecule has 0 unspecified atom stereocenters. The van der Waals surface area contributed by atoms with E-state index in [1.807, 2.05) is 0 Å². The molecule has 28 heavy (non-hydrogen) atoms. The molecule has 0 radical (unpaired) electrons. The average molecular weight is 386 g/mol. The van der Waals surface area contributed by atoms with Gasteiger partial charge in [-0.25, -0.2) is 0 Å². The third kappa shape index (κ3) is 5.97. The number of hydrogen-bond acceptors (Lipinski definition) is 6. The van der Waals surface area contributed by atoms with Crippen LogP contribution in [0.3, 0.4) is 0 Å². The number of para-hydroxylation sites is 2. The van der Waals surface area contributed by atoms with Crippen LogP contribution in [-0.4, -0.2) is 48.9 Å². The van der Waals surface area contributed by atoms with Gasteiger partial charge in [-0.2, -0.15) is 0 Å². The van der Waals surface area contributed by atoms with Crippen molar-refractivity contribution in [1.82, 2.24) is 4.90 Å². The molecule has 0 bridgehead atoms. The molecule has 2 aromatic carbocycles. The minimum atomic E-state index is -0.486. The summed E-state index contributed by atoms with van der Waals surface area (Å²) in [6.07, 6.45) is 0.0956. The number of nitro groups is 1. The van der Waals surface area contributed by atoms with Crippen molar-refractivity contribution in [1.29, 1.82) is 0 Å². The summed E-state index contributed by atoms with van der Waals surface area (Å²) in [5, 5.41) is 16.6. The third-order valence-electron chi connectivity index (χ3n) is 3.94. The number of nitro benzene ring substituents is 1. The number of methoxy groups -OCH3 is 1. The van der Waals surface area contributed by atoms with Crippen LogP contribution in [-0.2, 0) is 9.59 Å². The molecule has 2 amide bonds. The number of nitrogens with one attached hydrogen (secondary N) is 2. The highest BCUT2D eigenvalue weighted by molar-refractivity contribution is 5.94. The minimum Gasteiger partial charge on any atom is -0.497 e. The predicted octanol–water partition coefficient (Wildman–Crippen LogP) is 2.50. The number of anilines is 2. The van der Waals surface area contributed by atoms with Gasteiger partial charge >= 0.3 is 0 Å². The molecule has 0 aliphatic heterocycles. The van der Waals surface area contributed by atoms with Crippen LogP contribution in [0, 0.1) is 10.1 Å². The van der Waals surface area contributed by atoms with Crippen LogP contribution in [0.4, 0.5) is 17.1 Å². The number of rotatable bonds is 9. The quantitative estimate of drug-likeness (QED) is 0.506. The Morgan fingerprint density at radius 3 is 2.46 bits per heavy atom. The number of benzene rings is 2. The Morgan fingerprint density at radius 2 is 1.82 bits per heavy atom. The molecule has 0 saturated heterocycles. The average Bonchev–Trinajstić information content (AvgIpc) is 2.68. The van der Waals surface area contributed by atoms with Crippen molar-refractivity contribution >= 4 is 28.9 Å². The number of nitrogens with zero attached hydrogens (tertiary/aromatic N) is 2. The van der Waals surface area contributed by atoms with Gasteiger partial charge < -0.3 is 20.3 Å². The van der Waals surface area contributed by atoms with Gasteiger partial charge in [-0.05, 0) is 30.3 Å². The lowest BCUT2D eigenvalue weighted by atomic mass is 10.2. The monoisotopic (exact) mass is 386 g/mol. The molecule has 0 atom stereocenters. The molecule has 2 N–H and O–H groups in total. The van der Waals surface area contributed by atoms with Gasteiger partial charge in [0.25, 0.3) is 5.69 Å². The number of hydrogen-bond donors (Lipinski definition) is 2. The van der Waals surface area contributed by atoms with Gasteiger partial charge in [0.1, 0.15) is 11.4 Å². The summed E-state index contributed by atoms with van der Waals surface area (Å²) in [6, 6.07) is 13.1. The highest BCUT2D eigenvalue weighted by atomic mass is 16.6. The SMILES string of the molecule is COc1ccc(NC(=O)CN(C)C(=O)CCNc2ccccc2[N+](=O)[O-])cc1. The van der Waals surface area contributed by atoms with E-state index in [4.69, 9.17) is 4.74 Å². The van der Waals surface area contributed by atoms with Crippen molar-refractivity contribution in [2.24, 2.45) is 0 Å². The maximum absolute atomic E-state index is 12.2. The zero-order valence-corrected chi connectivity index (χ0v) is 15.7. The van der Waals surface area contributed by atoms with Crippen LogP contribution in [0.25, 0.3) is 0 Å². The largest absolute Gasteiger partial charge is 0.497 e. The number of amides is 2. The number of ether oxygens (including phenoxy) is 1. The molecule has 0 spiro atoms. The normalized spacial score (nSPS) is 10.1. The van der Waals surface area contributed by atoms with E-state index in [1.54, 1.807) is 49.6 Å². The summed E-state index contributed by atoms with van der Waals surface area (Å²) in [5.41, 5.74) is 0.895. The van der Waals surface area contributed by atoms with Crippen LogP contribution >= 0.6 is 0 Å². The first-order chi connectivity index (χ1) is 13.4. The van der Waals surface area contributed by atoms with E-state index in [2.05, 4.69) is 10.6 Å². The van der Waals surface area contributed by atoms with Crippen molar-refractivity contribution in [2.75, 3.05) is 37.9 Å². The van der Waals surface area contributed by atoms with E-state index in [0.29, 0.717) is 17.1 Å². The molecule has 9 heteroatoms. The number of carbonyl (C=O) groups excluding carboxylic acids is 2. The molecule has 2 aromatic rings. The van der Waals surface area contributed by atoms with Crippen molar-refractivity contribution in [3.05, 3.63) is 58.6 Å². The summed E-state index contributed by atoms with van der Waals surface area (Å²) >= 11 is 0. The Balaban J connectivity index is 1.79. The van der Waals surface area contributed by atoms with E-state index >= 15 is 0 Å². The lowest BCUT2D eigenvalue weighted by molar-refractivity contribution is -0.384. The second-order valence-electron chi connectivity index (χ2n) is 5.98. The predicted molar refractivity (Wildman–Crippen MR) is 105 cm³/mol. The highest BCUT2D eigenvalue weighted by Crippen LogP contribution is 2.22. The molecule has 0 aliphatic rings. The van der Waals surface area contributed by atoms with Gasteiger partial charge in [0.2, 0.25) is 11.8 Å². The second kappa shape index (κ2) is 9.91. The van der Waals surface area contributed by atoms with E-state index in [9.17, 15) is 19.7 Å². The maximum Gasteiger partial charge on any atom is 0.292 e. The van der Waals surface area contributed by atoms with Crippen LogP contribution in [0.2, 0.25) is 0 Å². The molecule has 2 rings (SSSR count). The molecule has 0 heterocycles. The van der Waals surface area contributed by atoms with Gasteiger partial charge in [0.15, 0.2) is 0 Å². The Morgan fingerprint density at radius 1 is 1.14 bits per heavy atom. The fourth-order valence-electron chi connectivity index (χ4n) is 2.46. The summed E-state index contributed by atoms with van der Waals surface area (Å²) < 4.78 is 5.05. The Bertz CT molecular complexity index is 838. The highest BCUT2D eigenvalue weighted by Gasteiger charge is 2.15. The fourth-order valence-corrected chi connectivity index (χ4v) is 2.46. The van der Waals surface area contributed by atoms with Gasteiger partial charge in [-0.15, -0.1) is 0 Å². The van der Waals surface area contributed by atoms with Gasteiger partial charge in [0.05, 0.1) is 18.6 Å². The van der Waals surface area contributed by atoms with Crippen molar-refractivity contribution in [2.45, 2.75) is 6.42 Å². The van der Waals surface area contributed by atoms with Gasteiger partial charge in [-0.3, -0.25) is 19.7 Å². The summed E-state index contributed by atoms with van der Waals surface area (Å²) in [7, 11) is 3.08. The van der Waals surface area contributed by atoms with Crippen molar-refractivity contribution < 1.29 is 19.2 Å². The molecule has 0 saturated carbocycles. The van der Waals surface area contributed by atoms with Gasteiger partial charge in [-0.1, -0.05) is 12.1 Å². The van der Waals surface area contributed by atoms with E-state index in [-0.39, 0.29) is 37.0 Å². The first kappa shape index (κ1) is 20.7. The van der Waals surface area contributed by atoms with E-state index in [0.717, 1.165) is 0 Å². The van der Waals surface area contributed by atoms with Crippen molar-refractivity contribution in [3.63, 3.8) is 0 Å².